The monoisotopic (exact) mass is 459 g/mol. The third-order valence-electron chi connectivity index (χ3n) is 3.96. The maximum Gasteiger partial charge on any atom is 0.191 e. The molecule has 0 saturated carbocycles. The van der Waals surface area contributed by atoms with Crippen molar-refractivity contribution < 1.29 is 9.47 Å². The molecule has 5 nitrogen and oxygen atoms in total. The summed E-state index contributed by atoms with van der Waals surface area (Å²) in [6, 6.07) is 20.3. The van der Waals surface area contributed by atoms with E-state index in [4.69, 9.17) is 44.9 Å². The van der Waals surface area contributed by atoms with Crippen LogP contribution >= 0.6 is 35.4 Å². The van der Waals surface area contributed by atoms with Crippen molar-refractivity contribution in [3.63, 3.8) is 0 Å². The summed E-state index contributed by atoms with van der Waals surface area (Å²) >= 11 is 17.1. The van der Waals surface area contributed by atoms with E-state index < -0.39 is 0 Å². The van der Waals surface area contributed by atoms with Gasteiger partial charge in [-0.25, -0.2) is 0 Å². The van der Waals surface area contributed by atoms with Crippen LogP contribution in [0.1, 0.15) is 11.1 Å². The number of ether oxygens (including phenoxy) is 2. The Kier molecular flexibility index (Phi) is 7.90. The molecule has 3 aromatic carbocycles. The highest BCUT2D eigenvalue weighted by Crippen LogP contribution is 2.28. The van der Waals surface area contributed by atoms with Gasteiger partial charge in [0.1, 0.15) is 6.61 Å². The Morgan fingerprint density at radius 1 is 1.00 bits per heavy atom. The molecule has 0 aromatic heterocycles. The summed E-state index contributed by atoms with van der Waals surface area (Å²) in [6.07, 6.45) is 1.64. The first-order valence-electron chi connectivity index (χ1n) is 8.94. The summed E-state index contributed by atoms with van der Waals surface area (Å²) in [5.74, 6) is 1.24. The molecule has 0 aliphatic rings. The number of rotatable bonds is 7. The van der Waals surface area contributed by atoms with Gasteiger partial charge in [0, 0.05) is 15.7 Å². The van der Waals surface area contributed by atoms with E-state index in [2.05, 4.69) is 15.8 Å². The molecule has 0 heterocycles. The average Bonchev–Trinajstić information content (AvgIpc) is 2.73. The molecule has 0 unspecified atom stereocenters. The maximum atomic E-state index is 5.96. The van der Waals surface area contributed by atoms with Gasteiger partial charge < -0.3 is 14.8 Å². The Morgan fingerprint density at radius 3 is 2.53 bits per heavy atom. The third kappa shape index (κ3) is 6.62. The largest absolute Gasteiger partial charge is 0.493 e. The average molecular weight is 460 g/mol. The Hall–Kier alpha value is -2.80. The number of halogens is 2. The lowest BCUT2D eigenvalue weighted by molar-refractivity contribution is 0.284. The second-order valence-corrected chi connectivity index (χ2v) is 7.44. The molecule has 0 bridgehead atoms. The number of hydrogen-bond donors (Lipinski definition) is 2. The predicted molar refractivity (Wildman–Crippen MR) is 127 cm³/mol. The molecule has 2 N–H and O–H groups in total. The van der Waals surface area contributed by atoms with Crippen LogP contribution in [-0.4, -0.2) is 18.4 Å². The van der Waals surface area contributed by atoms with Crippen LogP contribution < -0.4 is 20.2 Å². The predicted octanol–water partition coefficient (Wildman–Crippen LogP) is 5.90. The van der Waals surface area contributed by atoms with E-state index in [1.807, 2.05) is 54.6 Å². The number of anilines is 1. The molecular formula is C22H19Cl2N3O2S. The summed E-state index contributed by atoms with van der Waals surface area (Å²) in [6.45, 7) is 0.409. The van der Waals surface area contributed by atoms with Gasteiger partial charge in [0.05, 0.1) is 13.3 Å². The van der Waals surface area contributed by atoms with Gasteiger partial charge in [-0.3, -0.25) is 5.43 Å². The summed E-state index contributed by atoms with van der Waals surface area (Å²) < 4.78 is 11.3. The van der Waals surface area contributed by atoms with Gasteiger partial charge in [0.2, 0.25) is 0 Å². The van der Waals surface area contributed by atoms with Gasteiger partial charge in [0.25, 0.3) is 0 Å². The van der Waals surface area contributed by atoms with Crippen molar-refractivity contribution in [2.45, 2.75) is 6.61 Å². The number of methoxy groups -OCH3 is 1. The number of hydrazone groups is 1. The van der Waals surface area contributed by atoms with E-state index in [9.17, 15) is 0 Å². The zero-order valence-electron chi connectivity index (χ0n) is 16.1. The molecule has 8 heteroatoms. The van der Waals surface area contributed by atoms with Crippen LogP contribution in [0, 0.1) is 0 Å². The van der Waals surface area contributed by atoms with Crippen molar-refractivity contribution in [1.29, 1.82) is 0 Å². The van der Waals surface area contributed by atoms with E-state index in [1.165, 1.54) is 0 Å². The molecule has 0 spiro atoms. The lowest BCUT2D eigenvalue weighted by Crippen LogP contribution is -2.23. The fourth-order valence-corrected chi connectivity index (χ4v) is 3.00. The normalized spacial score (nSPS) is 10.6. The Morgan fingerprint density at radius 2 is 1.80 bits per heavy atom. The van der Waals surface area contributed by atoms with Gasteiger partial charge >= 0.3 is 0 Å². The standard InChI is InChI=1S/C22H19Cl2N3O2S/c1-28-21-11-16(7-10-20(21)29-14-15-5-8-17(23)9-6-15)13-25-27-22(30)26-19-4-2-3-18(24)12-19/h2-13H,14H2,1H3,(H2,26,27,30). The van der Waals surface area contributed by atoms with E-state index >= 15 is 0 Å². The smallest absolute Gasteiger partial charge is 0.191 e. The molecule has 0 fully saturated rings. The van der Waals surface area contributed by atoms with Gasteiger partial charge in [-0.15, -0.1) is 0 Å². The first kappa shape index (κ1) is 21.9. The van der Waals surface area contributed by atoms with E-state index in [-0.39, 0.29) is 0 Å². The number of nitrogens with one attached hydrogen (secondary N) is 2. The minimum atomic E-state index is 0.350. The minimum absolute atomic E-state index is 0.350. The quantitative estimate of drug-likeness (QED) is 0.261. The number of thiocarbonyl (C=S) groups is 1. The lowest BCUT2D eigenvalue weighted by atomic mass is 10.2. The van der Waals surface area contributed by atoms with Gasteiger partial charge in [-0.2, -0.15) is 5.10 Å². The van der Waals surface area contributed by atoms with Gasteiger partial charge in [-0.1, -0.05) is 41.4 Å². The van der Waals surface area contributed by atoms with Crippen molar-refractivity contribution in [2.75, 3.05) is 12.4 Å². The third-order valence-corrected chi connectivity index (χ3v) is 4.64. The first-order chi connectivity index (χ1) is 14.5. The van der Waals surface area contributed by atoms with Crippen LogP contribution in [0.5, 0.6) is 11.5 Å². The second-order valence-electron chi connectivity index (χ2n) is 6.16. The zero-order valence-corrected chi connectivity index (χ0v) is 18.4. The fourth-order valence-electron chi connectivity index (χ4n) is 2.52. The van der Waals surface area contributed by atoms with Crippen molar-refractivity contribution in [1.82, 2.24) is 5.43 Å². The summed E-state index contributed by atoms with van der Waals surface area (Å²) in [5, 5.41) is 8.82. The van der Waals surface area contributed by atoms with Crippen molar-refractivity contribution in [2.24, 2.45) is 5.10 Å². The zero-order chi connectivity index (χ0) is 21.3. The minimum Gasteiger partial charge on any atom is -0.493 e. The van der Waals surface area contributed by atoms with Gasteiger partial charge in [0.15, 0.2) is 16.6 Å². The van der Waals surface area contributed by atoms with Gasteiger partial charge in [-0.05, 0) is 71.9 Å². The van der Waals surface area contributed by atoms with Crippen molar-refractivity contribution in [3.8, 4) is 11.5 Å². The Labute approximate surface area is 190 Å². The molecule has 0 aliphatic carbocycles. The molecule has 0 radical (unpaired) electrons. The highest BCUT2D eigenvalue weighted by atomic mass is 35.5. The molecule has 3 aromatic rings. The molecule has 0 aliphatic heterocycles. The second kappa shape index (κ2) is 10.8. The van der Waals surface area contributed by atoms with Crippen LogP contribution in [0.25, 0.3) is 0 Å². The van der Waals surface area contributed by atoms with Crippen LogP contribution in [0.2, 0.25) is 10.0 Å². The number of hydrogen-bond acceptors (Lipinski definition) is 4. The molecule has 154 valence electrons. The molecule has 0 amide bonds. The Balaban J connectivity index is 1.57. The topological polar surface area (TPSA) is 54.9 Å². The highest BCUT2D eigenvalue weighted by Gasteiger charge is 2.06. The van der Waals surface area contributed by atoms with E-state index in [0.717, 1.165) is 16.8 Å². The summed E-state index contributed by atoms with van der Waals surface area (Å²) in [5.41, 5.74) is 5.38. The highest BCUT2D eigenvalue weighted by molar-refractivity contribution is 7.80. The van der Waals surface area contributed by atoms with Crippen molar-refractivity contribution in [3.05, 3.63) is 87.9 Å². The van der Waals surface area contributed by atoms with E-state index in [0.29, 0.717) is 33.3 Å². The van der Waals surface area contributed by atoms with Crippen LogP contribution in [0.15, 0.2) is 71.8 Å². The lowest BCUT2D eigenvalue weighted by Gasteiger charge is -2.11. The van der Waals surface area contributed by atoms with E-state index in [1.54, 1.807) is 25.5 Å². The Bertz CT molecular complexity index is 1040. The molecule has 0 atom stereocenters. The molecule has 3 rings (SSSR count). The first-order valence-corrected chi connectivity index (χ1v) is 10.1. The number of benzene rings is 3. The maximum absolute atomic E-state index is 5.96. The van der Waals surface area contributed by atoms with Crippen molar-refractivity contribution >= 4 is 52.4 Å². The SMILES string of the molecule is COc1cc(C=NNC(=S)Nc2cccc(Cl)c2)ccc1OCc1ccc(Cl)cc1. The molecule has 30 heavy (non-hydrogen) atoms. The number of nitrogens with zero attached hydrogens (tertiary/aromatic N) is 1. The summed E-state index contributed by atoms with van der Waals surface area (Å²) in [7, 11) is 1.59. The summed E-state index contributed by atoms with van der Waals surface area (Å²) in [4.78, 5) is 0. The van der Waals surface area contributed by atoms with Crippen LogP contribution in [0.4, 0.5) is 5.69 Å². The fraction of sp³-hybridized carbons (Fsp3) is 0.0909. The van der Waals surface area contributed by atoms with Crippen LogP contribution in [-0.2, 0) is 6.61 Å². The molecule has 0 saturated heterocycles. The van der Waals surface area contributed by atoms with Crippen LogP contribution in [0.3, 0.4) is 0 Å². The molecular weight excluding hydrogens is 441 g/mol.